The monoisotopic (exact) mass is 266 g/mol. The molecule has 2 aromatic rings. The molecule has 0 aliphatic carbocycles. The van der Waals surface area contributed by atoms with Crippen LogP contribution in [-0.2, 0) is 6.18 Å². The average Bonchev–Trinajstić information content (AvgIpc) is 2.37. The fourth-order valence-corrected chi connectivity index (χ4v) is 1.83. The van der Waals surface area contributed by atoms with Gasteiger partial charge in [0.15, 0.2) is 0 Å². The highest BCUT2D eigenvalue weighted by atomic mass is 19.4. The molecule has 0 aliphatic heterocycles. The van der Waals surface area contributed by atoms with E-state index in [1.807, 2.05) is 0 Å². The molecule has 0 bridgehead atoms. The molecule has 2 rings (SSSR count). The minimum Gasteiger partial charge on any atom is -0.207 e. The van der Waals surface area contributed by atoms with Gasteiger partial charge in [-0.1, -0.05) is 30.9 Å². The maximum atomic E-state index is 13.2. The Hall–Kier alpha value is -2.10. The van der Waals surface area contributed by atoms with Gasteiger partial charge < -0.3 is 0 Å². The zero-order valence-corrected chi connectivity index (χ0v) is 9.84. The van der Waals surface area contributed by atoms with Crippen LogP contribution in [0, 0.1) is 5.82 Å². The Kier molecular flexibility index (Phi) is 3.42. The molecule has 0 saturated heterocycles. The second-order valence-electron chi connectivity index (χ2n) is 4.02. The van der Waals surface area contributed by atoms with E-state index < -0.39 is 17.6 Å². The minimum atomic E-state index is -4.48. The molecule has 0 radical (unpaired) electrons. The molecule has 0 saturated carbocycles. The molecule has 0 atom stereocenters. The lowest BCUT2D eigenvalue weighted by atomic mass is 9.97. The molecular formula is C15H10F4. The molecule has 0 unspecified atom stereocenters. The molecule has 0 heterocycles. The Balaban J connectivity index is 2.68. The van der Waals surface area contributed by atoms with Crippen molar-refractivity contribution in [3.8, 4) is 11.1 Å². The van der Waals surface area contributed by atoms with Gasteiger partial charge >= 0.3 is 6.18 Å². The predicted molar refractivity (Wildman–Crippen MR) is 66.9 cm³/mol. The molecule has 0 spiro atoms. The summed E-state index contributed by atoms with van der Waals surface area (Å²) in [7, 11) is 0. The summed E-state index contributed by atoms with van der Waals surface area (Å²) in [5.41, 5.74) is -0.101. The number of hydrogen-bond donors (Lipinski definition) is 0. The van der Waals surface area contributed by atoms with Crippen LogP contribution in [0.15, 0.2) is 49.0 Å². The van der Waals surface area contributed by atoms with Crippen molar-refractivity contribution in [2.24, 2.45) is 0 Å². The van der Waals surface area contributed by atoms with Gasteiger partial charge in [-0.25, -0.2) is 4.39 Å². The first-order valence-electron chi connectivity index (χ1n) is 5.51. The van der Waals surface area contributed by atoms with E-state index in [1.165, 1.54) is 36.4 Å². The van der Waals surface area contributed by atoms with Crippen molar-refractivity contribution >= 4 is 6.08 Å². The maximum absolute atomic E-state index is 13.2. The fraction of sp³-hybridized carbons (Fsp3) is 0.0667. The first-order chi connectivity index (χ1) is 8.91. The summed E-state index contributed by atoms with van der Waals surface area (Å²) >= 11 is 0. The summed E-state index contributed by atoms with van der Waals surface area (Å²) in [6.07, 6.45) is -3.04. The van der Waals surface area contributed by atoms with Gasteiger partial charge in [0.25, 0.3) is 0 Å². The lowest BCUT2D eigenvalue weighted by Crippen LogP contribution is -2.07. The zero-order valence-electron chi connectivity index (χ0n) is 9.84. The molecule has 98 valence electrons. The summed E-state index contributed by atoms with van der Waals surface area (Å²) in [5.74, 6) is -0.574. The zero-order chi connectivity index (χ0) is 14.0. The van der Waals surface area contributed by atoms with Gasteiger partial charge in [0.1, 0.15) is 5.82 Å². The maximum Gasteiger partial charge on any atom is 0.417 e. The normalized spacial score (nSPS) is 11.4. The van der Waals surface area contributed by atoms with Gasteiger partial charge in [-0.3, -0.25) is 0 Å². The number of hydrogen-bond acceptors (Lipinski definition) is 0. The number of halogens is 4. The van der Waals surface area contributed by atoms with Crippen LogP contribution in [0.3, 0.4) is 0 Å². The van der Waals surface area contributed by atoms with Crippen LogP contribution < -0.4 is 0 Å². The van der Waals surface area contributed by atoms with E-state index in [9.17, 15) is 17.6 Å². The molecule has 0 aliphatic rings. The summed E-state index contributed by atoms with van der Waals surface area (Å²) in [5, 5.41) is 0. The van der Waals surface area contributed by atoms with E-state index in [1.54, 1.807) is 0 Å². The van der Waals surface area contributed by atoms with E-state index in [2.05, 4.69) is 6.58 Å². The minimum absolute atomic E-state index is 0.0515. The Morgan fingerprint density at radius 3 is 2.32 bits per heavy atom. The van der Waals surface area contributed by atoms with Gasteiger partial charge in [0.05, 0.1) is 5.56 Å². The molecule has 4 heteroatoms. The van der Waals surface area contributed by atoms with E-state index >= 15 is 0 Å². The Bertz CT molecular complexity index is 612. The van der Waals surface area contributed by atoms with E-state index in [4.69, 9.17) is 0 Å². The molecule has 0 amide bonds. The van der Waals surface area contributed by atoms with Crippen molar-refractivity contribution in [2.75, 3.05) is 0 Å². The highest BCUT2D eigenvalue weighted by Gasteiger charge is 2.33. The first kappa shape index (κ1) is 13.3. The topological polar surface area (TPSA) is 0 Å². The molecular weight excluding hydrogens is 256 g/mol. The molecule has 19 heavy (non-hydrogen) atoms. The van der Waals surface area contributed by atoms with Crippen LogP contribution in [0.5, 0.6) is 0 Å². The summed E-state index contributed by atoms with van der Waals surface area (Å²) in [6.45, 7) is 3.52. The third-order valence-corrected chi connectivity index (χ3v) is 2.72. The number of benzene rings is 2. The third kappa shape index (κ3) is 2.84. The van der Waals surface area contributed by atoms with Gasteiger partial charge in [-0.2, -0.15) is 13.2 Å². The average molecular weight is 266 g/mol. The second kappa shape index (κ2) is 4.88. The van der Waals surface area contributed by atoms with Crippen LogP contribution in [0.1, 0.15) is 11.1 Å². The summed E-state index contributed by atoms with van der Waals surface area (Å²) in [4.78, 5) is 0. The van der Waals surface area contributed by atoms with Crippen molar-refractivity contribution in [3.05, 3.63) is 66.0 Å². The summed E-state index contributed by atoms with van der Waals surface area (Å²) < 4.78 is 52.0. The lowest BCUT2D eigenvalue weighted by Gasteiger charge is -2.14. The summed E-state index contributed by atoms with van der Waals surface area (Å²) in [6, 6.07) is 8.76. The molecule has 0 N–H and O–H groups in total. The lowest BCUT2D eigenvalue weighted by molar-refractivity contribution is -0.137. The molecule has 0 fully saturated rings. The number of rotatable bonds is 2. The predicted octanol–water partition coefficient (Wildman–Crippen LogP) is 5.15. The van der Waals surface area contributed by atoms with Crippen molar-refractivity contribution in [2.45, 2.75) is 6.18 Å². The van der Waals surface area contributed by atoms with Gasteiger partial charge in [0, 0.05) is 0 Å². The van der Waals surface area contributed by atoms with Crippen LogP contribution in [0.4, 0.5) is 17.6 Å². The standard InChI is InChI=1S/C15H10F4/c1-2-10-6-7-14(15(17,18)19)13(8-10)11-4-3-5-12(16)9-11/h2-9H,1H2. The van der Waals surface area contributed by atoms with Crippen molar-refractivity contribution in [3.63, 3.8) is 0 Å². The highest BCUT2D eigenvalue weighted by Crippen LogP contribution is 2.37. The Morgan fingerprint density at radius 2 is 1.74 bits per heavy atom. The Morgan fingerprint density at radius 1 is 1.00 bits per heavy atom. The Labute approximate surface area is 108 Å². The second-order valence-corrected chi connectivity index (χ2v) is 4.02. The van der Waals surface area contributed by atoms with E-state index in [0.717, 1.165) is 12.1 Å². The van der Waals surface area contributed by atoms with Crippen molar-refractivity contribution in [1.29, 1.82) is 0 Å². The van der Waals surface area contributed by atoms with Gasteiger partial charge in [-0.15, -0.1) is 0 Å². The van der Waals surface area contributed by atoms with Crippen molar-refractivity contribution < 1.29 is 17.6 Å². The van der Waals surface area contributed by atoms with Crippen LogP contribution in [-0.4, -0.2) is 0 Å². The molecule has 0 nitrogen and oxygen atoms in total. The third-order valence-electron chi connectivity index (χ3n) is 2.72. The fourth-order valence-electron chi connectivity index (χ4n) is 1.83. The molecule has 0 aromatic heterocycles. The largest absolute Gasteiger partial charge is 0.417 e. The van der Waals surface area contributed by atoms with Gasteiger partial charge in [0.2, 0.25) is 0 Å². The van der Waals surface area contributed by atoms with Crippen LogP contribution in [0.25, 0.3) is 17.2 Å². The first-order valence-corrected chi connectivity index (χ1v) is 5.51. The van der Waals surface area contributed by atoms with Crippen LogP contribution in [0.2, 0.25) is 0 Å². The van der Waals surface area contributed by atoms with Crippen molar-refractivity contribution in [1.82, 2.24) is 0 Å². The molecule has 2 aromatic carbocycles. The van der Waals surface area contributed by atoms with E-state index in [0.29, 0.717) is 5.56 Å². The van der Waals surface area contributed by atoms with E-state index in [-0.39, 0.29) is 11.1 Å². The smallest absolute Gasteiger partial charge is 0.207 e. The van der Waals surface area contributed by atoms with Gasteiger partial charge in [-0.05, 0) is 41.0 Å². The van der Waals surface area contributed by atoms with Crippen LogP contribution >= 0.6 is 0 Å². The number of alkyl halides is 3. The SMILES string of the molecule is C=Cc1ccc(C(F)(F)F)c(-c2cccc(F)c2)c1. The highest BCUT2D eigenvalue weighted by molar-refractivity contribution is 5.71. The quantitative estimate of drug-likeness (QED) is 0.659.